The van der Waals surface area contributed by atoms with Crippen molar-refractivity contribution in [2.24, 2.45) is 11.7 Å². The number of rotatable bonds is 6. The van der Waals surface area contributed by atoms with Crippen molar-refractivity contribution >= 4 is 34.5 Å². The Balaban J connectivity index is 2.02. The van der Waals surface area contributed by atoms with Gasteiger partial charge < -0.3 is 11.1 Å². The monoisotopic (exact) mass is 375 g/mol. The van der Waals surface area contributed by atoms with Crippen molar-refractivity contribution in [3.8, 4) is 0 Å². The normalized spacial score (nSPS) is 20.5. The smallest absolute Gasteiger partial charge is 0.166 e. The van der Waals surface area contributed by atoms with Crippen LogP contribution in [0.4, 0.5) is 9.57 Å². The van der Waals surface area contributed by atoms with Gasteiger partial charge in [-0.25, -0.2) is 0 Å². The van der Waals surface area contributed by atoms with Gasteiger partial charge in [0, 0.05) is 35.0 Å². The number of anilines is 1. The Hall–Kier alpha value is -1.66. The van der Waals surface area contributed by atoms with Crippen molar-refractivity contribution in [1.82, 2.24) is 4.98 Å². The molecule has 1 aliphatic carbocycles. The molecule has 1 fully saturated rings. The maximum Gasteiger partial charge on any atom is 0.166 e. The Bertz CT molecular complexity index is 788. The van der Waals surface area contributed by atoms with E-state index >= 15 is 0 Å². The van der Waals surface area contributed by atoms with Crippen LogP contribution in [-0.2, 0) is 0 Å². The summed E-state index contributed by atoms with van der Waals surface area (Å²) < 4.78 is 13.1. The molecule has 4 nitrogen and oxygen atoms in total. The molecule has 1 heterocycles. The Kier molecular flexibility index (Phi) is 6.14. The van der Waals surface area contributed by atoms with E-state index in [1.165, 1.54) is 0 Å². The summed E-state index contributed by atoms with van der Waals surface area (Å²) in [6.45, 7) is 4.06. The van der Waals surface area contributed by atoms with Gasteiger partial charge in [-0.2, -0.15) is 3.89 Å². The number of nitrogens with one attached hydrogen (secondary N) is 1. The van der Waals surface area contributed by atoms with Crippen molar-refractivity contribution in [3.63, 3.8) is 0 Å². The van der Waals surface area contributed by atoms with E-state index in [9.17, 15) is 8.68 Å². The highest BCUT2D eigenvalue weighted by molar-refractivity contribution is 7.94. The van der Waals surface area contributed by atoms with Gasteiger partial charge in [0.2, 0.25) is 0 Å². The summed E-state index contributed by atoms with van der Waals surface area (Å²) in [5.74, 6) is 0.342. The number of hydrogen-bond donors (Lipinski definition) is 2. The number of aromatic nitrogens is 1. The van der Waals surface area contributed by atoms with Crippen LogP contribution in [0, 0.1) is 5.92 Å². The fraction of sp³-hybridized carbons (Fsp3) is 0.500. The Morgan fingerprint density at radius 2 is 2.08 bits per heavy atom. The Morgan fingerprint density at radius 1 is 1.35 bits per heavy atom. The second kappa shape index (κ2) is 8.35. The highest BCUT2D eigenvalue weighted by Gasteiger charge is 2.23. The van der Waals surface area contributed by atoms with Crippen molar-refractivity contribution in [2.75, 3.05) is 5.32 Å². The van der Waals surface area contributed by atoms with E-state index in [4.69, 9.17) is 5.73 Å². The summed E-state index contributed by atoms with van der Waals surface area (Å²) in [5.41, 5.74) is 8.17. The standard InChI is InChI=1S/C20H26FN3OS/c1-12(2)9-19(25)17-11-23-18-8-7-15(26-21)10-16(18)20(17)24-14-5-3-13(22)4-6-14/h7-8,10-14H,3-6,9,22H2,1-2H3,(H,23,24). The van der Waals surface area contributed by atoms with E-state index in [0.29, 0.717) is 16.9 Å². The zero-order valence-electron chi connectivity index (χ0n) is 15.3. The Morgan fingerprint density at radius 3 is 2.73 bits per heavy atom. The van der Waals surface area contributed by atoms with Gasteiger partial charge in [0.05, 0.1) is 28.9 Å². The van der Waals surface area contributed by atoms with E-state index < -0.39 is 0 Å². The van der Waals surface area contributed by atoms with Crippen LogP contribution in [-0.4, -0.2) is 22.9 Å². The van der Waals surface area contributed by atoms with E-state index in [-0.39, 0.29) is 35.9 Å². The number of benzene rings is 1. The minimum Gasteiger partial charge on any atom is -0.381 e. The molecule has 2 aromatic rings. The van der Waals surface area contributed by atoms with Gasteiger partial charge in [-0.15, -0.1) is 0 Å². The van der Waals surface area contributed by atoms with Gasteiger partial charge in [0.1, 0.15) is 0 Å². The molecule has 6 heteroatoms. The van der Waals surface area contributed by atoms with Gasteiger partial charge in [-0.3, -0.25) is 9.78 Å². The minimum atomic E-state index is 0.0720. The zero-order chi connectivity index (χ0) is 18.7. The van der Waals surface area contributed by atoms with Crippen LogP contribution in [0.15, 0.2) is 29.3 Å². The molecule has 0 atom stereocenters. The van der Waals surface area contributed by atoms with Crippen LogP contribution < -0.4 is 11.1 Å². The summed E-state index contributed by atoms with van der Waals surface area (Å²) in [7, 11) is 0. The fourth-order valence-corrected chi connectivity index (χ4v) is 3.82. The van der Waals surface area contributed by atoms with E-state index in [0.717, 1.165) is 42.3 Å². The number of Topliss-reactive ketones (excluding diaryl/α,β-unsaturated/α-hetero) is 1. The lowest BCUT2D eigenvalue weighted by atomic mass is 9.91. The van der Waals surface area contributed by atoms with Crippen LogP contribution >= 0.6 is 12.1 Å². The van der Waals surface area contributed by atoms with Gasteiger partial charge in [-0.05, 0) is 49.8 Å². The molecule has 0 unspecified atom stereocenters. The molecule has 3 N–H and O–H groups in total. The molecule has 1 saturated carbocycles. The molecule has 1 aromatic heterocycles. The average molecular weight is 376 g/mol. The SMILES string of the molecule is CC(C)CC(=O)c1cnc2ccc(SF)cc2c1NC1CCC(N)CC1. The zero-order valence-corrected chi connectivity index (χ0v) is 16.1. The van der Waals surface area contributed by atoms with Gasteiger partial charge in [-0.1, -0.05) is 13.8 Å². The van der Waals surface area contributed by atoms with E-state index in [1.807, 2.05) is 13.8 Å². The number of carbonyl (C=O) groups is 1. The molecule has 0 aliphatic heterocycles. The van der Waals surface area contributed by atoms with Crippen LogP contribution in [0.25, 0.3) is 10.9 Å². The van der Waals surface area contributed by atoms with E-state index in [1.54, 1.807) is 24.4 Å². The third-order valence-corrected chi connectivity index (χ3v) is 5.37. The maximum absolute atomic E-state index is 13.1. The molecule has 0 saturated heterocycles. The number of pyridine rings is 1. The summed E-state index contributed by atoms with van der Waals surface area (Å²) in [4.78, 5) is 17.7. The fourth-order valence-electron chi connectivity index (χ4n) is 3.54. The first-order valence-corrected chi connectivity index (χ1v) is 9.96. The Labute approximate surface area is 158 Å². The van der Waals surface area contributed by atoms with Crippen LogP contribution in [0.3, 0.4) is 0 Å². The summed E-state index contributed by atoms with van der Waals surface area (Å²) in [5, 5.41) is 4.37. The number of carbonyl (C=O) groups excluding carboxylic acids is 1. The number of nitrogens with zero attached hydrogens (tertiary/aromatic N) is 1. The molecule has 3 rings (SSSR count). The van der Waals surface area contributed by atoms with Gasteiger partial charge in [0.15, 0.2) is 5.78 Å². The first-order chi connectivity index (χ1) is 12.5. The number of fused-ring (bicyclic) bond motifs is 1. The largest absolute Gasteiger partial charge is 0.381 e. The van der Waals surface area contributed by atoms with Crippen molar-refractivity contribution in [1.29, 1.82) is 0 Å². The van der Waals surface area contributed by atoms with Crippen LogP contribution in [0.1, 0.15) is 56.3 Å². The number of hydrogen-bond acceptors (Lipinski definition) is 5. The minimum absolute atomic E-state index is 0.0720. The molecule has 1 aliphatic rings. The van der Waals surface area contributed by atoms with Crippen molar-refractivity contribution < 1.29 is 8.68 Å². The van der Waals surface area contributed by atoms with Crippen LogP contribution in [0.2, 0.25) is 0 Å². The molecule has 0 spiro atoms. The lowest BCUT2D eigenvalue weighted by molar-refractivity contribution is 0.0968. The molecule has 0 bridgehead atoms. The topological polar surface area (TPSA) is 68.0 Å². The number of nitrogens with two attached hydrogens (primary N) is 1. The number of halogens is 1. The second-order valence-corrected chi connectivity index (χ2v) is 8.21. The van der Waals surface area contributed by atoms with Crippen LogP contribution in [0.5, 0.6) is 0 Å². The second-order valence-electron chi connectivity index (χ2n) is 7.58. The molecule has 26 heavy (non-hydrogen) atoms. The first-order valence-electron chi connectivity index (χ1n) is 9.24. The molecular formula is C20H26FN3OS. The molecular weight excluding hydrogens is 349 g/mol. The lowest BCUT2D eigenvalue weighted by Crippen LogP contribution is -2.33. The third kappa shape index (κ3) is 4.35. The predicted molar refractivity (Wildman–Crippen MR) is 106 cm³/mol. The average Bonchev–Trinajstić information content (AvgIpc) is 2.62. The number of ketones is 1. The maximum atomic E-state index is 13.1. The lowest BCUT2D eigenvalue weighted by Gasteiger charge is -2.29. The summed E-state index contributed by atoms with van der Waals surface area (Å²) >= 11 is 0.207. The molecule has 0 radical (unpaired) electrons. The molecule has 140 valence electrons. The van der Waals surface area contributed by atoms with Gasteiger partial charge in [0.25, 0.3) is 0 Å². The highest BCUT2D eigenvalue weighted by atomic mass is 32.2. The molecule has 0 amide bonds. The summed E-state index contributed by atoms with van der Waals surface area (Å²) in [6.07, 6.45) is 6.02. The highest BCUT2D eigenvalue weighted by Crippen LogP contribution is 2.33. The van der Waals surface area contributed by atoms with Gasteiger partial charge >= 0.3 is 0 Å². The summed E-state index contributed by atoms with van der Waals surface area (Å²) in [6, 6.07) is 5.82. The van der Waals surface area contributed by atoms with E-state index in [2.05, 4.69) is 10.3 Å². The van der Waals surface area contributed by atoms with Crippen molar-refractivity contribution in [3.05, 3.63) is 30.0 Å². The third-order valence-electron chi connectivity index (χ3n) is 4.94. The first kappa shape index (κ1) is 19.1. The quantitative estimate of drug-likeness (QED) is 0.686. The molecule has 1 aromatic carbocycles. The van der Waals surface area contributed by atoms with Crippen molar-refractivity contribution in [2.45, 2.75) is 62.9 Å². The predicted octanol–water partition coefficient (Wildman–Crippen LogP) is 5.12.